The van der Waals surface area contributed by atoms with Gasteiger partial charge in [0.25, 0.3) is 11.6 Å². The molecule has 1 aromatic heterocycles. The maximum Gasteiger partial charge on any atom is 0.270 e. The predicted molar refractivity (Wildman–Crippen MR) is 68.5 cm³/mol. The molecule has 102 valence electrons. The largest absolute Gasteiger partial charge is 0.347 e. The summed E-state index contributed by atoms with van der Waals surface area (Å²) in [6, 6.07) is 9.79. The molecule has 0 saturated heterocycles. The molecule has 0 aliphatic heterocycles. The fourth-order valence-electron chi connectivity index (χ4n) is 1.59. The molecule has 0 radical (unpaired) electrons. The average molecular weight is 275 g/mol. The van der Waals surface area contributed by atoms with E-state index in [2.05, 4.69) is 10.3 Å². The van der Waals surface area contributed by atoms with Gasteiger partial charge in [-0.05, 0) is 17.7 Å². The average Bonchev–Trinajstić information content (AvgIpc) is 2.45. The van der Waals surface area contributed by atoms with E-state index in [1.807, 2.05) is 0 Å². The highest BCUT2D eigenvalue weighted by molar-refractivity contribution is 5.92. The molecule has 0 fully saturated rings. The number of hydrogen-bond acceptors (Lipinski definition) is 4. The van der Waals surface area contributed by atoms with E-state index in [9.17, 15) is 19.3 Å². The van der Waals surface area contributed by atoms with Gasteiger partial charge in [-0.15, -0.1) is 0 Å². The molecule has 20 heavy (non-hydrogen) atoms. The number of aromatic nitrogens is 1. The number of carbonyl (C=O) groups is 1. The zero-order chi connectivity index (χ0) is 14.5. The van der Waals surface area contributed by atoms with Crippen LogP contribution in [-0.2, 0) is 6.54 Å². The number of nitrogens with one attached hydrogen (secondary N) is 1. The zero-order valence-corrected chi connectivity index (χ0v) is 10.2. The first-order valence-electron chi connectivity index (χ1n) is 5.70. The molecule has 1 aromatic carbocycles. The summed E-state index contributed by atoms with van der Waals surface area (Å²) in [5.74, 6) is -1.29. The maximum absolute atomic E-state index is 12.9. The molecular formula is C13H10FN3O3. The van der Waals surface area contributed by atoms with E-state index in [-0.39, 0.29) is 17.9 Å². The highest BCUT2D eigenvalue weighted by Gasteiger charge is 2.09. The number of amides is 1. The van der Waals surface area contributed by atoms with Crippen LogP contribution < -0.4 is 5.32 Å². The van der Waals surface area contributed by atoms with Crippen molar-refractivity contribution in [1.82, 2.24) is 10.3 Å². The van der Waals surface area contributed by atoms with Gasteiger partial charge in [-0.3, -0.25) is 14.9 Å². The minimum atomic E-state index is -0.743. The molecule has 0 aliphatic rings. The van der Waals surface area contributed by atoms with Crippen molar-refractivity contribution in [2.75, 3.05) is 0 Å². The third kappa shape index (κ3) is 3.35. The van der Waals surface area contributed by atoms with Crippen LogP contribution in [0.1, 0.15) is 16.1 Å². The number of nitro benzene ring substituents is 1. The highest BCUT2D eigenvalue weighted by atomic mass is 19.1. The van der Waals surface area contributed by atoms with E-state index >= 15 is 0 Å². The topological polar surface area (TPSA) is 85.1 Å². The van der Waals surface area contributed by atoms with Gasteiger partial charge in [0.2, 0.25) is 5.95 Å². The third-order valence-electron chi connectivity index (χ3n) is 2.52. The summed E-state index contributed by atoms with van der Waals surface area (Å²) in [4.78, 5) is 25.3. The molecule has 2 aromatic rings. The lowest BCUT2D eigenvalue weighted by molar-refractivity contribution is -0.384. The number of carbonyl (C=O) groups excluding carboxylic acids is 1. The van der Waals surface area contributed by atoms with Gasteiger partial charge in [0.15, 0.2) is 0 Å². The predicted octanol–water partition coefficient (Wildman–Crippen LogP) is 2.06. The Morgan fingerprint density at radius 1 is 1.30 bits per heavy atom. The lowest BCUT2D eigenvalue weighted by Crippen LogP contribution is -2.24. The van der Waals surface area contributed by atoms with Crippen molar-refractivity contribution in [3.05, 3.63) is 69.8 Å². The summed E-state index contributed by atoms with van der Waals surface area (Å²) in [6.07, 6.45) is 0. The van der Waals surface area contributed by atoms with Crippen molar-refractivity contribution >= 4 is 11.6 Å². The van der Waals surface area contributed by atoms with Crippen LogP contribution in [0.2, 0.25) is 0 Å². The van der Waals surface area contributed by atoms with Crippen molar-refractivity contribution in [3.63, 3.8) is 0 Å². The van der Waals surface area contributed by atoms with E-state index in [4.69, 9.17) is 0 Å². The molecule has 1 heterocycles. The second-order valence-electron chi connectivity index (χ2n) is 3.96. The summed E-state index contributed by atoms with van der Waals surface area (Å²) in [6.45, 7) is 0.0959. The summed E-state index contributed by atoms with van der Waals surface area (Å²) in [5.41, 5.74) is 0.472. The normalized spacial score (nSPS) is 10.1. The van der Waals surface area contributed by atoms with E-state index in [1.54, 1.807) is 6.07 Å². The lowest BCUT2D eigenvalue weighted by Gasteiger charge is -2.04. The van der Waals surface area contributed by atoms with Crippen molar-refractivity contribution in [1.29, 1.82) is 0 Å². The number of non-ortho nitro benzene ring substituents is 1. The number of benzene rings is 1. The number of nitro groups is 1. The van der Waals surface area contributed by atoms with Crippen LogP contribution in [0, 0.1) is 16.1 Å². The zero-order valence-electron chi connectivity index (χ0n) is 10.2. The number of pyridine rings is 1. The Morgan fingerprint density at radius 3 is 2.75 bits per heavy atom. The van der Waals surface area contributed by atoms with E-state index in [0.29, 0.717) is 5.56 Å². The molecule has 2 rings (SSSR count). The van der Waals surface area contributed by atoms with Crippen LogP contribution in [-0.4, -0.2) is 15.8 Å². The highest BCUT2D eigenvalue weighted by Crippen LogP contribution is 2.12. The van der Waals surface area contributed by atoms with Gasteiger partial charge in [-0.2, -0.15) is 4.39 Å². The van der Waals surface area contributed by atoms with Gasteiger partial charge < -0.3 is 5.32 Å². The molecule has 1 amide bonds. The third-order valence-corrected chi connectivity index (χ3v) is 2.52. The SMILES string of the molecule is O=C(NCc1cccc([N+](=O)[O-])c1)c1cccc(F)n1. The number of nitrogens with zero attached hydrogens (tertiary/aromatic N) is 2. The quantitative estimate of drug-likeness (QED) is 0.525. The van der Waals surface area contributed by atoms with Crippen molar-refractivity contribution < 1.29 is 14.1 Å². The molecule has 0 bridgehead atoms. The van der Waals surface area contributed by atoms with Crippen LogP contribution in [0.4, 0.5) is 10.1 Å². The Kier molecular flexibility index (Phi) is 3.99. The standard InChI is InChI=1S/C13H10FN3O3/c14-12-6-2-5-11(16-12)13(18)15-8-9-3-1-4-10(7-9)17(19)20/h1-7H,8H2,(H,15,18). The number of halogens is 1. The number of hydrogen-bond donors (Lipinski definition) is 1. The first kappa shape index (κ1) is 13.6. The smallest absolute Gasteiger partial charge is 0.270 e. The minimum Gasteiger partial charge on any atom is -0.347 e. The molecule has 0 atom stereocenters. The van der Waals surface area contributed by atoms with Crippen molar-refractivity contribution in [2.24, 2.45) is 0 Å². The summed E-state index contributed by atoms with van der Waals surface area (Å²) in [5, 5.41) is 13.1. The van der Waals surface area contributed by atoms with Crippen LogP contribution >= 0.6 is 0 Å². The molecule has 7 heteroatoms. The van der Waals surface area contributed by atoms with E-state index < -0.39 is 16.8 Å². The Bertz CT molecular complexity index is 661. The van der Waals surface area contributed by atoms with Crippen LogP contribution in [0.25, 0.3) is 0 Å². The van der Waals surface area contributed by atoms with Gasteiger partial charge >= 0.3 is 0 Å². The Morgan fingerprint density at radius 2 is 2.05 bits per heavy atom. The first-order chi connectivity index (χ1) is 9.56. The van der Waals surface area contributed by atoms with Crippen LogP contribution in [0.3, 0.4) is 0 Å². The second-order valence-corrected chi connectivity index (χ2v) is 3.96. The second kappa shape index (κ2) is 5.87. The molecule has 1 N–H and O–H groups in total. The molecule has 6 nitrogen and oxygen atoms in total. The minimum absolute atomic E-state index is 0.0459. The van der Waals surface area contributed by atoms with Gasteiger partial charge in [-0.1, -0.05) is 18.2 Å². The summed E-state index contributed by atoms with van der Waals surface area (Å²) in [7, 11) is 0. The molecule has 0 aliphatic carbocycles. The van der Waals surface area contributed by atoms with E-state index in [0.717, 1.165) is 6.07 Å². The van der Waals surface area contributed by atoms with Gasteiger partial charge in [-0.25, -0.2) is 4.98 Å². The van der Waals surface area contributed by atoms with Crippen molar-refractivity contribution in [3.8, 4) is 0 Å². The molecular weight excluding hydrogens is 265 g/mol. The summed E-state index contributed by atoms with van der Waals surface area (Å²) < 4.78 is 12.9. The first-order valence-corrected chi connectivity index (χ1v) is 5.70. The van der Waals surface area contributed by atoms with Gasteiger partial charge in [0, 0.05) is 18.7 Å². The van der Waals surface area contributed by atoms with E-state index in [1.165, 1.54) is 30.3 Å². The lowest BCUT2D eigenvalue weighted by atomic mass is 10.2. The molecule has 0 spiro atoms. The van der Waals surface area contributed by atoms with Gasteiger partial charge in [0.1, 0.15) is 5.69 Å². The van der Waals surface area contributed by atoms with Gasteiger partial charge in [0.05, 0.1) is 4.92 Å². The van der Waals surface area contributed by atoms with Crippen molar-refractivity contribution in [2.45, 2.75) is 6.54 Å². The molecule has 0 unspecified atom stereocenters. The summed E-state index contributed by atoms with van der Waals surface area (Å²) >= 11 is 0. The Balaban J connectivity index is 2.03. The molecule has 0 saturated carbocycles. The van der Waals surface area contributed by atoms with Crippen LogP contribution in [0.15, 0.2) is 42.5 Å². The maximum atomic E-state index is 12.9. The number of rotatable bonds is 4. The fourth-order valence-corrected chi connectivity index (χ4v) is 1.59. The Hall–Kier alpha value is -2.83. The monoisotopic (exact) mass is 275 g/mol. The Labute approximate surface area is 113 Å². The van der Waals surface area contributed by atoms with Crippen LogP contribution in [0.5, 0.6) is 0 Å². The fraction of sp³-hybridized carbons (Fsp3) is 0.0769.